The molecule has 20 heavy (non-hydrogen) atoms. The minimum absolute atomic E-state index is 0.618. The van der Waals surface area contributed by atoms with E-state index >= 15 is 0 Å². The van der Waals surface area contributed by atoms with Crippen molar-refractivity contribution < 1.29 is 9.15 Å². The van der Waals surface area contributed by atoms with Gasteiger partial charge in [-0.3, -0.25) is 4.90 Å². The molecule has 0 aliphatic heterocycles. The molecule has 1 N–H and O–H groups in total. The summed E-state index contributed by atoms with van der Waals surface area (Å²) in [6.45, 7) is 8.95. The molecule has 1 atom stereocenters. The fourth-order valence-electron chi connectivity index (χ4n) is 2.58. The summed E-state index contributed by atoms with van der Waals surface area (Å²) in [4.78, 5) is 2.48. The first kappa shape index (κ1) is 15.5. The maximum atomic E-state index is 5.70. The quantitative estimate of drug-likeness (QED) is 0.715. The van der Waals surface area contributed by atoms with Gasteiger partial charge in [-0.15, -0.1) is 0 Å². The van der Waals surface area contributed by atoms with Crippen LogP contribution in [0.3, 0.4) is 0 Å². The monoisotopic (exact) mass is 280 g/mol. The van der Waals surface area contributed by atoms with Crippen molar-refractivity contribution in [2.45, 2.75) is 45.8 Å². The van der Waals surface area contributed by atoms with Gasteiger partial charge >= 0.3 is 0 Å². The van der Waals surface area contributed by atoms with Gasteiger partial charge in [0.1, 0.15) is 5.76 Å². The number of hydrogen-bond donors (Lipinski definition) is 1. The van der Waals surface area contributed by atoms with Crippen molar-refractivity contribution in [3.63, 3.8) is 0 Å². The van der Waals surface area contributed by atoms with Crippen LogP contribution >= 0.6 is 0 Å². The Hall–Kier alpha value is -0.840. The van der Waals surface area contributed by atoms with Crippen molar-refractivity contribution in [2.24, 2.45) is 5.92 Å². The van der Waals surface area contributed by atoms with E-state index in [0.717, 1.165) is 44.5 Å². The van der Waals surface area contributed by atoms with Crippen LogP contribution in [0.1, 0.15) is 38.0 Å². The number of ether oxygens (including phenoxy) is 1. The fourth-order valence-corrected chi connectivity index (χ4v) is 2.58. The first-order valence-corrected chi connectivity index (χ1v) is 7.74. The maximum absolute atomic E-state index is 5.70. The van der Waals surface area contributed by atoms with Gasteiger partial charge in [-0.2, -0.15) is 0 Å². The maximum Gasteiger partial charge on any atom is 0.118 e. The molecule has 0 spiro atoms. The summed E-state index contributed by atoms with van der Waals surface area (Å²) in [6.07, 6.45) is 4.61. The average Bonchev–Trinajstić information content (AvgIpc) is 3.21. The highest BCUT2D eigenvalue weighted by molar-refractivity contribution is 5.12. The zero-order valence-electron chi connectivity index (χ0n) is 13.0. The molecule has 4 heteroatoms. The van der Waals surface area contributed by atoms with Gasteiger partial charge in [0.2, 0.25) is 0 Å². The minimum Gasteiger partial charge on any atom is -0.468 e. The summed E-state index contributed by atoms with van der Waals surface area (Å²) in [5.41, 5.74) is 1.23. The molecule has 1 fully saturated rings. The van der Waals surface area contributed by atoms with Gasteiger partial charge in [0.25, 0.3) is 0 Å². The molecule has 1 heterocycles. The molecule has 1 aliphatic rings. The molecule has 1 unspecified atom stereocenters. The topological polar surface area (TPSA) is 37.6 Å². The highest BCUT2D eigenvalue weighted by atomic mass is 16.5. The van der Waals surface area contributed by atoms with Crippen LogP contribution in [0.5, 0.6) is 0 Å². The Balaban J connectivity index is 1.90. The van der Waals surface area contributed by atoms with Crippen LogP contribution in [-0.4, -0.2) is 37.7 Å². The number of furan rings is 1. The van der Waals surface area contributed by atoms with Crippen molar-refractivity contribution in [2.75, 3.05) is 26.8 Å². The van der Waals surface area contributed by atoms with Crippen LogP contribution < -0.4 is 5.32 Å². The van der Waals surface area contributed by atoms with E-state index in [1.807, 2.05) is 6.26 Å². The number of methoxy groups -OCH3 is 1. The van der Waals surface area contributed by atoms with Crippen molar-refractivity contribution in [3.05, 3.63) is 23.7 Å². The summed E-state index contributed by atoms with van der Waals surface area (Å²) in [6, 6.07) is 2.79. The Labute approximate surface area is 122 Å². The predicted octanol–water partition coefficient (Wildman–Crippen LogP) is 2.64. The van der Waals surface area contributed by atoms with Crippen LogP contribution in [0.4, 0.5) is 0 Å². The van der Waals surface area contributed by atoms with E-state index in [2.05, 4.69) is 30.1 Å². The van der Waals surface area contributed by atoms with E-state index in [1.54, 1.807) is 7.11 Å². The molecule has 0 amide bonds. The Kier molecular flexibility index (Phi) is 6.07. The van der Waals surface area contributed by atoms with Crippen molar-refractivity contribution >= 4 is 0 Å². The molecule has 1 saturated carbocycles. The molecule has 0 bridgehead atoms. The normalized spacial score (nSPS) is 16.8. The van der Waals surface area contributed by atoms with E-state index in [-0.39, 0.29) is 0 Å². The first-order chi connectivity index (χ1) is 9.74. The average molecular weight is 280 g/mol. The van der Waals surface area contributed by atoms with E-state index in [4.69, 9.17) is 9.15 Å². The highest BCUT2D eigenvalue weighted by Crippen LogP contribution is 2.35. The van der Waals surface area contributed by atoms with E-state index in [0.29, 0.717) is 6.04 Å². The molecule has 1 aromatic heterocycles. The largest absolute Gasteiger partial charge is 0.468 e. The van der Waals surface area contributed by atoms with Gasteiger partial charge < -0.3 is 14.5 Å². The molecule has 114 valence electrons. The molecule has 4 nitrogen and oxygen atoms in total. The first-order valence-electron chi connectivity index (χ1n) is 7.74. The Morgan fingerprint density at radius 1 is 1.50 bits per heavy atom. The van der Waals surface area contributed by atoms with Crippen LogP contribution in [-0.2, 0) is 17.8 Å². The second kappa shape index (κ2) is 7.81. The second-order valence-corrected chi connectivity index (χ2v) is 5.74. The summed E-state index contributed by atoms with van der Waals surface area (Å²) in [5.74, 6) is 1.92. The molecular formula is C16H28N2O2. The van der Waals surface area contributed by atoms with Crippen molar-refractivity contribution in [1.29, 1.82) is 0 Å². The lowest BCUT2D eigenvalue weighted by Gasteiger charge is -2.28. The van der Waals surface area contributed by atoms with Crippen LogP contribution in [0.15, 0.2) is 16.7 Å². The molecule has 1 aliphatic carbocycles. The second-order valence-electron chi connectivity index (χ2n) is 5.74. The lowest BCUT2D eigenvalue weighted by atomic mass is 10.1. The molecule has 0 saturated heterocycles. The summed E-state index contributed by atoms with van der Waals surface area (Å²) < 4.78 is 10.9. The number of hydrogen-bond acceptors (Lipinski definition) is 4. The molecule has 1 aromatic rings. The third-order valence-corrected chi connectivity index (χ3v) is 4.11. The number of nitrogens with zero attached hydrogens (tertiary/aromatic N) is 1. The zero-order valence-corrected chi connectivity index (χ0v) is 13.0. The van der Waals surface area contributed by atoms with Crippen LogP contribution in [0.25, 0.3) is 0 Å². The van der Waals surface area contributed by atoms with Gasteiger partial charge in [0.05, 0.1) is 19.4 Å². The molecule has 0 radical (unpaired) electrons. The third kappa shape index (κ3) is 4.62. The standard InChI is InChI=1S/C16H28N2O2/c1-4-17-10-14-9-16(20-12-14)11-18(7-8-19-3)13(2)15-5-6-15/h9,12-13,15,17H,4-8,10-11H2,1-3H3. The fraction of sp³-hybridized carbons (Fsp3) is 0.750. The van der Waals surface area contributed by atoms with Crippen LogP contribution in [0.2, 0.25) is 0 Å². The van der Waals surface area contributed by atoms with Gasteiger partial charge in [-0.1, -0.05) is 6.92 Å². The third-order valence-electron chi connectivity index (χ3n) is 4.11. The minimum atomic E-state index is 0.618. The summed E-state index contributed by atoms with van der Waals surface area (Å²) >= 11 is 0. The Morgan fingerprint density at radius 2 is 2.30 bits per heavy atom. The molecular weight excluding hydrogens is 252 g/mol. The van der Waals surface area contributed by atoms with Gasteiger partial charge in [-0.25, -0.2) is 0 Å². The van der Waals surface area contributed by atoms with Gasteiger partial charge in [0.15, 0.2) is 0 Å². The summed E-state index contributed by atoms with van der Waals surface area (Å²) in [5, 5.41) is 3.32. The number of nitrogens with one attached hydrogen (secondary N) is 1. The number of rotatable bonds is 10. The predicted molar refractivity (Wildman–Crippen MR) is 80.6 cm³/mol. The van der Waals surface area contributed by atoms with E-state index < -0.39 is 0 Å². The molecule has 2 rings (SSSR count). The zero-order chi connectivity index (χ0) is 14.4. The van der Waals surface area contributed by atoms with Crippen molar-refractivity contribution in [1.82, 2.24) is 10.2 Å². The van der Waals surface area contributed by atoms with Gasteiger partial charge in [0, 0.05) is 31.8 Å². The SMILES string of the molecule is CCNCc1coc(CN(CCOC)C(C)C2CC2)c1. The van der Waals surface area contributed by atoms with Crippen molar-refractivity contribution in [3.8, 4) is 0 Å². The molecule has 0 aromatic carbocycles. The van der Waals surface area contributed by atoms with E-state index in [9.17, 15) is 0 Å². The highest BCUT2D eigenvalue weighted by Gasteiger charge is 2.32. The Bertz CT molecular complexity index is 388. The summed E-state index contributed by atoms with van der Waals surface area (Å²) in [7, 11) is 1.77. The lowest BCUT2D eigenvalue weighted by Crippen LogP contribution is -2.36. The van der Waals surface area contributed by atoms with E-state index in [1.165, 1.54) is 18.4 Å². The Morgan fingerprint density at radius 3 is 2.95 bits per heavy atom. The van der Waals surface area contributed by atoms with Gasteiger partial charge in [-0.05, 0) is 38.3 Å². The lowest BCUT2D eigenvalue weighted by molar-refractivity contribution is 0.106. The smallest absolute Gasteiger partial charge is 0.118 e. The van der Waals surface area contributed by atoms with Crippen LogP contribution in [0, 0.1) is 5.92 Å².